The maximum atomic E-state index is 13.9. The van der Waals surface area contributed by atoms with Crippen molar-refractivity contribution in [3.63, 3.8) is 0 Å². The van der Waals surface area contributed by atoms with Gasteiger partial charge in [-0.25, -0.2) is 4.68 Å². The lowest BCUT2D eigenvalue weighted by Gasteiger charge is -2.31. The van der Waals surface area contributed by atoms with E-state index in [1.54, 1.807) is 11.9 Å². The van der Waals surface area contributed by atoms with E-state index in [1.807, 2.05) is 132 Å². The molecule has 1 aliphatic rings. The van der Waals surface area contributed by atoms with Crippen LogP contribution in [0.4, 0.5) is 5.69 Å². The second kappa shape index (κ2) is 31.4. The molecule has 1 unspecified atom stereocenters. The largest absolute Gasteiger partial charge is 0.396 e. The van der Waals surface area contributed by atoms with E-state index >= 15 is 0 Å². The molecular weight excluding hydrogens is 907 g/mol. The number of amides is 4. The smallest absolute Gasteiger partial charge is 0.227 e. The summed E-state index contributed by atoms with van der Waals surface area (Å²) in [6, 6.07) is 16.2. The molecule has 15 heteroatoms. The van der Waals surface area contributed by atoms with Gasteiger partial charge in [0.15, 0.2) is 0 Å². The fraction of sp³-hybridized carbons (Fsp3) is 0.667. The number of hydrogen-bond donors (Lipinski definition) is 4. The van der Waals surface area contributed by atoms with Gasteiger partial charge in [0, 0.05) is 84.7 Å². The average Bonchev–Trinajstić information content (AvgIpc) is 3.73. The zero-order valence-electron chi connectivity index (χ0n) is 45.4. The van der Waals surface area contributed by atoms with Crippen LogP contribution >= 0.6 is 21.6 Å². The lowest BCUT2D eigenvalue weighted by molar-refractivity contribution is -0.130. The summed E-state index contributed by atoms with van der Waals surface area (Å²) < 4.78 is 8.28. The number of unbranched alkanes of at least 4 members (excludes halogenated alkanes) is 1. The summed E-state index contributed by atoms with van der Waals surface area (Å²) in [5, 5.41) is 26.7. The first-order chi connectivity index (χ1) is 32.6. The van der Waals surface area contributed by atoms with Crippen molar-refractivity contribution in [2.24, 2.45) is 5.41 Å². The van der Waals surface area contributed by atoms with E-state index in [9.17, 15) is 19.2 Å². The maximum Gasteiger partial charge on any atom is 0.227 e. The Kier molecular flexibility index (Phi) is 28.7. The van der Waals surface area contributed by atoms with Crippen molar-refractivity contribution in [2.45, 2.75) is 203 Å². The minimum absolute atomic E-state index is 0.0116. The molecule has 0 radical (unpaired) electrons. The molecule has 0 spiro atoms. The van der Waals surface area contributed by atoms with Gasteiger partial charge in [-0.1, -0.05) is 131 Å². The number of aliphatic hydroxyl groups excluding tert-OH is 1. The summed E-state index contributed by atoms with van der Waals surface area (Å²) >= 11 is 0. The first-order valence-corrected chi connectivity index (χ1v) is 27.7. The SMILES string of the molecule is CC.CC.CCC(C)NC(=O)C(C)(C)CCO.CCCCn1nnc2c1-c1ccccc1CN(C(=O)CCC(=O)NC(C)(C)CCOC(C)(C)CCSSC(C)(C)CCC(=O)NC)c1ccccc1-2. The first-order valence-electron chi connectivity index (χ1n) is 25.4. The molecular formula is C54H91N7O6S2. The van der Waals surface area contributed by atoms with Crippen molar-refractivity contribution in [3.8, 4) is 22.5 Å². The van der Waals surface area contributed by atoms with Gasteiger partial charge in [0.2, 0.25) is 23.6 Å². The number of aliphatic hydroxyl groups is 1. The molecule has 1 aliphatic heterocycles. The molecule has 0 fully saturated rings. The predicted molar refractivity (Wildman–Crippen MR) is 291 cm³/mol. The Balaban J connectivity index is 0.00000120. The number of benzene rings is 2. The van der Waals surface area contributed by atoms with Gasteiger partial charge in [0.25, 0.3) is 0 Å². The maximum absolute atomic E-state index is 13.9. The third-order valence-corrected chi connectivity index (χ3v) is 15.1. The number of para-hydroxylation sites is 1. The number of carbonyl (C=O) groups is 4. The molecule has 1 aromatic heterocycles. The highest BCUT2D eigenvalue weighted by molar-refractivity contribution is 8.77. The molecule has 2 aromatic carbocycles. The predicted octanol–water partition coefficient (Wildman–Crippen LogP) is 11.6. The average molecular weight is 998 g/mol. The number of aryl methyl sites for hydroxylation is 1. The van der Waals surface area contributed by atoms with Gasteiger partial charge < -0.3 is 30.7 Å². The lowest BCUT2D eigenvalue weighted by Crippen LogP contribution is -2.45. The van der Waals surface area contributed by atoms with Gasteiger partial charge >= 0.3 is 0 Å². The molecule has 390 valence electrons. The monoisotopic (exact) mass is 998 g/mol. The number of nitrogens with one attached hydrogen (secondary N) is 3. The molecule has 69 heavy (non-hydrogen) atoms. The number of rotatable bonds is 24. The van der Waals surface area contributed by atoms with E-state index in [2.05, 4.69) is 73.0 Å². The van der Waals surface area contributed by atoms with Gasteiger partial charge in [0.05, 0.1) is 23.5 Å². The Morgan fingerprint density at radius 2 is 1.46 bits per heavy atom. The van der Waals surface area contributed by atoms with Crippen LogP contribution in [-0.2, 0) is 37.0 Å². The Hall–Kier alpha value is -3.92. The van der Waals surface area contributed by atoms with Crippen LogP contribution in [0.1, 0.15) is 174 Å². The molecule has 3 aromatic rings. The van der Waals surface area contributed by atoms with Crippen LogP contribution in [0.5, 0.6) is 0 Å². The van der Waals surface area contributed by atoms with Gasteiger partial charge in [0.1, 0.15) is 5.69 Å². The number of fused-ring (bicyclic) bond motifs is 5. The highest BCUT2D eigenvalue weighted by Gasteiger charge is 2.31. The van der Waals surface area contributed by atoms with E-state index in [0.717, 1.165) is 78.2 Å². The first kappa shape index (κ1) is 63.1. The van der Waals surface area contributed by atoms with Crippen LogP contribution in [-0.4, -0.2) is 91.7 Å². The van der Waals surface area contributed by atoms with Crippen LogP contribution in [0.15, 0.2) is 48.5 Å². The molecule has 1 atom stereocenters. The van der Waals surface area contributed by atoms with Gasteiger partial charge in [-0.3, -0.25) is 19.2 Å². The summed E-state index contributed by atoms with van der Waals surface area (Å²) in [5.74, 6) is 0.754. The number of aromatic nitrogens is 3. The van der Waals surface area contributed by atoms with Crippen molar-refractivity contribution in [1.82, 2.24) is 30.9 Å². The van der Waals surface area contributed by atoms with Crippen LogP contribution in [0.25, 0.3) is 22.5 Å². The van der Waals surface area contributed by atoms with E-state index in [-0.39, 0.29) is 59.5 Å². The summed E-state index contributed by atoms with van der Waals surface area (Å²) in [6.07, 6.45) is 6.53. The molecule has 2 heterocycles. The summed E-state index contributed by atoms with van der Waals surface area (Å²) in [4.78, 5) is 52.2. The van der Waals surface area contributed by atoms with E-state index in [0.29, 0.717) is 32.4 Å². The normalized spacial score (nSPS) is 12.6. The minimum atomic E-state index is -0.498. The van der Waals surface area contributed by atoms with Crippen molar-refractivity contribution < 1.29 is 29.0 Å². The van der Waals surface area contributed by atoms with Crippen LogP contribution in [0.2, 0.25) is 0 Å². The van der Waals surface area contributed by atoms with Crippen molar-refractivity contribution in [1.29, 1.82) is 0 Å². The van der Waals surface area contributed by atoms with Crippen molar-refractivity contribution in [3.05, 3.63) is 54.1 Å². The third-order valence-electron chi connectivity index (χ3n) is 11.7. The molecule has 4 rings (SSSR count). The third kappa shape index (κ3) is 21.9. The van der Waals surface area contributed by atoms with Crippen LogP contribution in [0.3, 0.4) is 0 Å². The van der Waals surface area contributed by atoms with Crippen LogP contribution < -0.4 is 20.9 Å². The summed E-state index contributed by atoms with van der Waals surface area (Å²) in [7, 11) is 5.31. The molecule has 4 amide bonds. The Morgan fingerprint density at radius 1 is 0.826 bits per heavy atom. The number of anilines is 1. The lowest BCUT2D eigenvalue weighted by atomic mass is 9.88. The van der Waals surface area contributed by atoms with Gasteiger partial charge in [-0.2, -0.15) is 0 Å². The Labute approximate surface area is 425 Å². The quantitative estimate of drug-likeness (QED) is 0.0501. The molecule has 0 saturated carbocycles. The highest BCUT2D eigenvalue weighted by atomic mass is 33.1. The highest BCUT2D eigenvalue weighted by Crippen LogP contribution is 2.42. The number of carbonyl (C=O) groups excluding carboxylic acids is 4. The summed E-state index contributed by atoms with van der Waals surface area (Å²) in [5.41, 5.74) is 4.13. The van der Waals surface area contributed by atoms with Gasteiger partial charge in [-0.05, 0) is 98.6 Å². The van der Waals surface area contributed by atoms with Crippen molar-refractivity contribution >= 4 is 50.9 Å². The molecule has 0 saturated heterocycles. The topological polar surface area (TPSA) is 168 Å². The molecule has 13 nitrogen and oxygen atoms in total. The van der Waals surface area contributed by atoms with E-state index < -0.39 is 11.0 Å². The van der Waals surface area contributed by atoms with Crippen LogP contribution in [0, 0.1) is 5.41 Å². The van der Waals surface area contributed by atoms with E-state index in [1.165, 1.54) is 0 Å². The summed E-state index contributed by atoms with van der Waals surface area (Å²) in [6.45, 7) is 32.1. The second-order valence-electron chi connectivity index (χ2n) is 19.5. The zero-order chi connectivity index (χ0) is 52.4. The second-order valence-corrected chi connectivity index (χ2v) is 22.7. The Bertz CT molecular complexity index is 2000. The molecule has 4 N–H and O–H groups in total. The van der Waals surface area contributed by atoms with Crippen molar-refractivity contribution in [2.75, 3.05) is 30.9 Å². The number of ether oxygens (including phenoxy) is 1. The molecule has 0 aliphatic carbocycles. The number of nitrogens with zero attached hydrogens (tertiary/aromatic N) is 4. The fourth-order valence-electron chi connectivity index (χ4n) is 7.00. The molecule has 0 bridgehead atoms. The zero-order valence-corrected chi connectivity index (χ0v) is 47.0. The van der Waals surface area contributed by atoms with Gasteiger partial charge in [-0.15, -0.1) is 5.10 Å². The number of hydrogen-bond acceptors (Lipinski definition) is 10. The standard InChI is InChI=1S/C40H58N6O4S2.C10H21NO2.2C2H6/c1-9-10-25-46-37-30-16-12-11-15-29(30)28-45(32-18-14-13-17-31(32)36(37)43-44-46)35(49)20-19-34(48)42-38(2,3)23-26-50-39(4,5)24-27-51-52-40(6,7)22-21-33(47)41-8;1-5-8(2)11-9(13)10(3,4)6-7-12;2*1-2/h11-18H,9-10,19-28H2,1-8H3,(H,41,47)(H,42,48);8,12H,5-7H2,1-4H3,(H,11,13);2*1-2H3. The Morgan fingerprint density at radius 3 is 2.09 bits per heavy atom. The van der Waals surface area contributed by atoms with E-state index in [4.69, 9.17) is 9.84 Å². The fourth-order valence-corrected chi connectivity index (χ4v) is 9.87. The minimum Gasteiger partial charge on any atom is -0.396 e.